The average Bonchev–Trinajstić information content (AvgIpc) is 2.57. The molecule has 0 aromatic carbocycles. The Hall–Kier alpha value is -1.36. The van der Waals surface area contributed by atoms with Gasteiger partial charge in [0, 0.05) is 19.3 Å². The molecule has 0 aliphatic rings. The Balaban J connectivity index is 2.64. The Labute approximate surface area is 96.0 Å². The summed E-state index contributed by atoms with van der Waals surface area (Å²) < 4.78 is 1.68. The summed E-state index contributed by atoms with van der Waals surface area (Å²) in [5, 5.41) is 6.91. The van der Waals surface area contributed by atoms with Gasteiger partial charge in [-0.05, 0) is 18.9 Å². The van der Waals surface area contributed by atoms with Crippen molar-refractivity contribution in [3.05, 3.63) is 17.5 Å². The van der Waals surface area contributed by atoms with Crippen molar-refractivity contribution in [3.63, 3.8) is 0 Å². The first-order valence-corrected chi connectivity index (χ1v) is 5.34. The molecular formula is C11H20N4O. The topological polar surface area (TPSA) is 72.9 Å². The summed E-state index contributed by atoms with van der Waals surface area (Å²) in [6, 6.07) is 0. The van der Waals surface area contributed by atoms with Crippen LogP contribution < -0.4 is 11.1 Å². The fraction of sp³-hybridized carbons (Fsp3) is 0.636. The van der Waals surface area contributed by atoms with E-state index in [1.165, 1.54) is 0 Å². The minimum absolute atomic E-state index is 0.0776. The molecular weight excluding hydrogens is 204 g/mol. The van der Waals surface area contributed by atoms with E-state index in [2.05, 4.69) is 10.4 Å². The van der Waals surface area contributed by atoms with Gasteiger partial charge in [-0.25, -0.2) is 0 Å². The summed E-state index contributed by atoms with van der Waals surface area (Å²) in [5.41, 5.74) is 7.00. The van der Waals surface area contributed by atoms with E-state index in [4.69, 9.17) is 5.73 Å². The van der Waals surface area contributed by atoms with Crippen LogP contribution in [0.15, 0.2) is 6.20 Å². The van der Waals surface area contributed by atoms with Gasteiger partial charge in [0.15, 0.2) is 0 Å². The van der Waals surface area contributed by atoms with Crippen molar-refractivity contribution in [2.45, 2.75) is 20.8 Å². The molecule has 0 spiro atoms. The van der Waals surface area contributed by atoms with Crippen LogP contribution in [0.1, 0.15) is 29.9 Å². The molecule has 1 rings (SSSR count). The van der Waals surface area contributed by atoms with Gasteiger partial charge in [-0.3, -0.25) is 9.48 Å². The molecule has 0 aliphatic carbocycles. The molecule has 0 fully saturated rings. The molecule has 90 valence electrons. The van der Waals surface area contributed by atoms with E-state index < -0.39 is 0 Å². The Bertz CT molecular complexity index is 381. The Kier molecular flexibility index (Phi) is 3.70. The maximum absolute atomic E-state index is 11.8. The third-order valence-electron chi connectivity index (χ3n) is 2.76. The van der Waals surface area contributed by atoms with Gasteiger partial charge >= 0.3 is 0 Å². The molecule has 1 aromatic rings. The van der Waals surface area contributed by atoms with Gasteiger partial charge < -0.3 is 11.1 Å². The molecule has 1 heterocycles. The number of carbonyl (C=O) groups is 1. The molecule has 1 aromatic heterocycles. The van der Waals surface area contributed by atoms with E-state index in [0.717, 1.165) is 5.69 Å². The van der Waals surface area contributed by atoms with E-state index in [9.17, 15) is 4.79 Å². The molecule has 0 saturated heterocycles. The largest absolute Gasteiger partial charge is 0.351 e. The molecule has 16 heavy (non-hydrogen) atoms. The molecule has 1 amide bonds. The number of nitrogens with zero attached hydrogens (tertiary/aromatic N) is 2. The van der Waals surface area contributed by atoms with Crippen LogP contribution in [0.3, 0.4) is 0 Å². The summed E-state index contributed by atoms with van der Waals surface area (Å²) >= 11 is 0. The van der Waals surface area contributed by atoms with E-state index >= 15 is 0 Å². The van der Waals surface area contributed by atoms with E-state index in [-0.39, 0.29) is 11.3 Å². The SMILES string of the molecule is Cc1c(C(=O)NCC(C)(C)CN)cnn1C. The van der Waals surface area contributed by atoms with Crippen molar-refractivity contribution in [3.8, 4) is 0 Å². The van der Waals surface area contributed by atoms with Crippen LogP contribution in [-0.4, -0.2) is 28.8 Å². The van der Waals surface area contributed by atoms with Gasteiger partial charge in [0.2, 0.25) is 0 Å². The molecule has 3 N–H and O–H groups in total. The van der Waals surface area contributed by atoms with Gasteiger partial charge in [0.1, 0.15) is 0 Å². The zero-order valence-electron chi connectivity index (χ0n) is 10.4. The number of amides is 1. The predicted octanol–water partition coefficient (Wildman–Crippen LogP) is 0.443. The molecule has 5 heteroatoms. The van der Waals surface area contributed by atoms with Crippen LogP contribution in [0.2, 0.25) is 0 Å². The van der Waals surface area contributed by atoms with Crippen molar-refractivity contribution in [2.75, 3.05) is 13.1 Å². The van der Waals surface area contributed by atoms with Crippen LogP contribution in [0.25, 0.3) is 0 Å². The molecule has 5 nitrogen and oxygen atoms in total. The first-order valence-electron chi connectivity index (χ1n) is 5.34. The minimum Gasteiger partial charge on any atom is -0.351 e. The highest BCUT2D eigenvalue weighted by atomic mass is 16.1. The number of aryl methyl sites for hydroxylation is 1. The first-order chi connectivity index (χ1) is 7.37. The number of hydrogen-bond donors (Lipinski definition) is 2. The second-order valence-electron chi connectivity index (χ2n) is 4.82. The fourth-order valence-electron chi connectivity index (χ4n) is 1.21. The molecule has 0 radical (unpaired) electrons. The van der Waals surface area contributed by atoms with Crippen LogP contribution >= 0.6 is 0 Å². The van der Waals surface area contributed by atoms with Crippen molar-refractivity contribution >= 4 is 5.91 Å². The van der Waals surface area contributed by atoms with Crippen LogP contribution in [-0.2, 0) is 7.05 Å². The Morgan fingerprint density at radius 2 is 2.25 bits per heavy atom. The first kappa shape index (κ1) is 12.7. The van der Waals surface area contributed by atoms with E-state index in [1.807, 2.05) is 27.8 Å². The van der Waals surface area contributed by atoms with Gasteiger partial charge in [-0.15, -0.1) is 0 Å². The quantitative estimate of drug-likeness (QED) is 0.779. The number of aromatic nitrogens is 2. The zero-order chi connectivity index (χ0) is 12.3. The monoisotopic (exact) mass is 224 g/mol. The number of rotatable bonds is 4. The number of nitrogens with one attached hydrogen (secondary N) is 1. The lowest BCUT2D eigenvalue weighted by Crippen LogP contribution is -2.38. The smallest absolute Gasteiger partial charge is 0.254 e. The lowest BCUT2D eigenvalue weighted by atomic mass is 9.94. The maximum atomic E-state index is 11.8. The highest BCUT2D eigenvalue weighted by Crippen LogP contribution is 2.11. The van der Waals surface area contributed by atoms with Crippen molar-refractivity contribution in [1.82, 2.24) is 15.1 Å². The zero-order valence-corrected chi connectivity index (χ0v) is 10.4. The standard InChI is InChI=1S/C11H20N4O/c1-8-9(5-14-15(8)4)10(16)13-7-11(2,3)6-12/h5H,6-7,12H2,1-4H3,(H,13,16). The summed E-state index contributed by atoms with van der Waals surface area (Å²) in [5.74, 6) is -0.0906. The Morgan fingerprint density at radius 1 is 1.62 bits per heavy atom. The third kappa shape index (κ3) is 2.82. The molecule has 0 unspecified atom stereocenters. The normalized spacial score (nSPS) is 11.6. The van der Waals surface area contributed by atoms with Crippen LogP contribution in [0.4, 0.5) is 0 Å². The van der Waals surface area contributed by atoms with Gasteiger partial charge in [0.25, 0.3) is 5.91 Å². The van der Waals surface area contributed by atoms with Crippen molar-refractivity contribution in [2.24, 2.45) is 18.2 Å². The minimum atomic E-state index is -0.0906. The summed E-state index contributed by atoms with van der Waals surface area (Å²) in [4.78, 5) is 11.8. The van der Waals surface area contributed by atoms with Gasteiger partial charge in [0.05, 0.1) is 11.8 Å². The summed E-state index contributed by atoms with van der Waals surface area (Å²) in [6.45, 7) is 7.01. The van der Waals surface area contributed by atoms with E-state index in [1.54, 1.807) is 10.9 Å². The van der Waals surface area contributed by atoms with E-state index in [0.29, 0.717) is 18.7 Å². The lowest BCUT2D eigenvalue weighted by Gasteiger charge is -2.22. The number of carbonyl (C=O) groups excluding carboxylic acids is 1. The van der Waals surface area contributed by atoms with Crippen LogP contribution in [0, 0.1) is 12.3 Å². The predicted molar refractivity (Wildman–Crippen MR) is 63.1 cm³/mol. The average molecular weight is 224 g/mol. The second-order valence-corrected chi connectivity index (χ2v) is 4.82. The van der Waals surface area contributed by atoms with Crippen molar-refractivity contribution < 1.29 is 4.79 Å². The van der Waals surface area contributed by atoms with Crippen LogP contribution in [0.5, 0.6) is 0 Å². The molecule has 0 saturated carbocycles. The molecule has 0 bridgehead atoms. The summed E-state index contributed by atoms with van der Waals surface area (Å²) in [6.07, 6.45) is 1.58. The molecule has 0 atom stereocenters. The van der Waals surface area contributed by atoms with Crippen molar-refractivity contribution in [1.29, 1.82) is 0 Å². The van der Waals surface area contributed by atoms with Gasteiger partial charge in [-0.1, -0.05) is 13.8 Å². The second kappa shape index (κ2) is 4.65. The summed E-state index contributed by atoms with van der Waals surface area (Å²) in [7, 11) is 1.82. The maximum Gasteiger partial charge on any atom is 0.254 e. The molecule has 0 aliphatic heterocycles. The Morgan fingerprint density at radius 3 is 2.69 bits per heavy atom. The fourth-order valence-corrected chi connectivity index (χ4v) is 1.21. The van der Waals surface area contributed by atoms with Gasteiger partial charge in [-0.2, -0.15) is 5.10 Å². The number of hydrogen-bond acceptors (Lipinski definition) is 3. The third-order valence-corrected chi connectivity index (χ3v) is 2.76. The highest BCUT2D eigenvalue weighted by molar-refractivity contribution is 5.95. The number of nitrogens with two attached hydrogens (primary N) is 1. The highest BCUT2D eigenvalue weighted by Gasteiger charge is 2.18. The lowest BCUT2D eigenvalue weighted by molar-refractivity contribution is 0.0937.